The van der Waals surface area contributed by atoms with E-state index in [4.69, 9.17) is 13.6 Å². The number of rotatable bonds is 2. The first kappa shape index (κ1) is 9.84. The summed E-state index contributed by atoms with van der Waals surface area (Å²) >= 11 is 0. The number of primary amides is 1. The lowest BCUT2D eigenvalue weighted by Gasteiger charge is -2.21. The van der Waals surface area contributed by atoms with E-state index in [1.54, 1.807) is 26.0 Å². The van der Waals surface area contributed by atoms with Crippen LogP contribution in [0.4, 0.5) is 0 Å². The molecule has 66 valence electrons. The van der Waals surface area contributed by atoms with Crippen molar-refractivity contribution in [2.24, 2.45) is 5.73 Å². The van der Waals surface area contributed by atoms with Crippen LogP contribution in [0.15, 0.2) is 24.3 Å². The van der Waals surface area contributed by atoms with Crippen molar-refractivity contribution < 1.29 is 4.79 Å². The zero-order valence-corrected chi connectivity index (χ0v) is 7.87. The number of hydrogen-bond donors (Lipinski definition) is 1. The van der Waals surface area contributed by atoms with Crippen molar-refractivity contribution in [2.45, 2.75) is 19.3 Å². The van der Waals surface area contributed by atoms with E-state index in [0.717, 1.165) is 5.56 Å². The van der Waals surface area contributed by atoms with E-state index in [-0.39, 0.29) is 5.91 Å². The molecule has 0 unspecified atom stereocenters. The summed E-state index contributed by atoms with van der Waals surface area (Å²) in [6.45, 7) is 3.56. The highest BCUT2D eigenvalue weighted by Gasteiger charge is 2.26. The van der Waals surface area contributed by atoms with Crippen molar-refractivity contribution in [3.05, 3.63) is 29.8 Å². The normalized spacial score (nSPS) is 11.2. The summed E-state index contributed by atoms with van der Waals surface area (Å²) in [6.07, 6.45) is 0. The largest absolute Gasteiger partial charge is 0.369 e. The third-order valence-corrected chi connectivity index (χ3v) is 2.22. The zero-order chi connectivity index (χ0) is 10.1. The van der Waals surface area contributed by atoms with Gasteiger partial charge in [0.05, 0.1) is 5.41 Å². The van der Waals surface area contributed by atoms with Crippen LogP contribution in [0, 0.1) is 0 Å². The summed E-state index contributed by atoms with van der Waals surface area (Å²) in [5, 5.41) is 0. The van der Waals surface area contributed by atoms with Gasteiger partial charge in [-0.3, -0.25) is 4.79 Å². The second kappa shape index (κ2) is 3.25. The molecular formula is C10H12BNO. The Morgan fingerprint density at radius 1 is 1.46 bits per heavy atom. The minimum Gasteiger partial charge on any atom is -0.369 e. The van der Waals surface area contributed by atoms with E-state index >= 15 is 0 Å². The van der Waals surface area contributed by atoms with Crippen LogP contribution in [0.1, 0.15) is 19.4 Å². The number of amides is 1. The first-order valence-electron chi connectivity index (χ1n) is 4.10. The maximum Gasteiger partial charge on any atom is 0.227 e. The molecule has 0 fully saturated rings. The molecule has 0 aliphatic heterocycles. The minimum atomic E-state index is -0.657. The Morgan fingerprint density at radius 2 is 2.08 bits per heavy atom. The van der Waals surface area contributed by atoms with Crippen LogP contribution in [0.25, 0.3) is 0 Å². The van der Waals surface area contributed by atoms with Gasteiger partial charge in [0, 0.05) is 0 Å². The third kappa shape index (κ3) is 1.91. The van der Waals surface area contributed by atoms with Crippen molar-refractivity contribution in [2.75, 3.05) is 0 Å². The molecule has 2 nitrogen and oxygen atoms in total. The van der Waals surface area contributed by atoms with Gasteiger partial charge in [0.25, 0.3) is 0 Å². The predicted octanol–water partition coefficient (Wildman–Crippen LogP) is 0.243. The van der Waals surface area contributed by atoms with E-state index in [9.17, 15) is 4.79 Å². The topological polar surface area (TPSA) is 43.1 Å². The van der Waals surface area contributed by atoms with Gasteiger partial charge < -0.3 is 5.73 Å². The SMILES string of the molecule is [B]c1cccc(C(C)(C)C(N)=O)c1. The highest BCUT2D eigenvalue weighted by molar-refractivity contribution is 6.32. The van der Waals surface area contributed by atoms with Gasteiger partial charge in [-0.2, -0.15) is 0 Å². The third-order valence-electron chi connectivity index (χ3n) is 2.22. The molecule has 0 atom stereocenters. The number of carbonyl (C=O) groups excluding carboxylic acids is 1. The van der Waals surface area contributed by atoms with E-state index < -0.39 is 5.41 Å². The quantitative estimate of drug-likeness (QED) is 0.639. The summed E-state index contributed by atoms with van der Waals surface area (Å²) in [5.74, 6) is -0.349. The molecule has 0 spiro atoms. The number of benzene rings is 1. The summed E-state index contributed by atoms with van der Waals surface area (Å²) in [5.41, 5.74) is 6.11. The second-order valence-corrected chi connectivity index (χ2v) is 3.61. The number of nitrogens with two attached hydrogens (primary N) is 1. The maximum absolute atomic E-state index is 11.1. The smallest absolute Gasteiger partial charge is 0.227 e. The minimum absolute atomic E-state index is 0.349. The Kier molecular flexibility index (Phi) is 2.46. The fraction of sp³-hybridized carbons (Fsp3) is 0.300. The average molecular weight is 173 g/mol. The molecule has 0 saturated heterocycles. The van der Waals surface area contributed by atoms with Crippen LogP contribution in [0.5, 0.6) is 0 Å². The Labute approximate surface area is 79.5 Å². The average Bonchev–Trinajstić information content (AvgIpc) is 2.04. The van der Waals surface area contributed by atoms with Gasteiger partial charge in [0.1, 0.15) is 7.85 Å². The molecule has 0 saturated carbocycles. The summed E-state index contributed by atoms with van der Waals surface area (Å²) in [4.78, 5) is 11.1. The molecule has 13 heavy (non-hydrogen) atoms. The maximum atomic E-state index is 11.1. The van der Waals surface area contributed by atoms with Gasteiger partial charge in [-0.15, -0.1) is 0 Å². The van der Waals surface area contributed by atoms with Gasteiger partial charge in [0.2, 0.25) is 5.91 Å². The molecule has 0 aliphatic carbocycles. The fourth-order valence-electron chi connectivity index (χ4n) is 1.07. The molecule has 1 aromatic rings. The van der Waals surface area contributed by atoms with Crippen LogP contribution in [-0.4, -0.2) is 13.8 Å². The van der Waals surface area contributed by atoms with Crippen LogP contribution in [0.2, 0.25) is 0 Å². The first-order chi connectivity index (χ1) is 5.94. The molecule has 0 aromatic heterocycles. The highest BCUT2D eigenvalue weighted by atomic mass is 16.1. The molecule has 0 bridgehead atoms. The summed E-state index contributed by atoms with van der Waals surface area (Å²) in [7, 11) is 5.60. The van der Waals surface area contributed by atoms with Gasteiger partial charge in [-0.25, -0.2) is 0 Å². The lowest BCUT2D eigenvalue weighted by atomic mass is 9.81. The van der Waals surface area contributed by atoms with Crippen molar-refractivity contribution >= 4 is 19.2 Å². The Hall–Kier alpha value is -1.25. The monoisotopic (exact) mass is 173 g/mol. The predicted molar refractivity (Wildman–Crippen MR) is 54.1 cm³/mol. The molecule has 3 heteroatoms. The molecule has 1 rings (SSSR count). The Morgan fingerprint density at radius 3 is 2.54 bits per heavy atom. The Balaban J connectivity index is 3.14. The summed E-state index contributed by atoms with van der Waals surface area (Å²) < 4.78 is 0. The van der Waals surface area contributed by atoms with E-state index in [0.29, 0.717) is 5.46 Å². The Bertz CT molecular complexity index is 333. The van der Waals surface area contributed by atoms with Gasteiger partial charge in [-0.1, -0.05) is 29.7 Å². The molecule has 0 aliphatic rings. The lowest BCUT2D eigenvalue weighted by Crippen LogP contribution is -2.36. The second-order valence-electron chi connectivity index (χ2n) is 3.61. The lowest BCUT2D eigenvalue weighted by molar-refractivity contribution is -0.122. The van der Waals surface area contributed by atoms with Crippen LogP contribution >= 0.6 is 0 Å². The molecule has 2 radical (unpaired) electrons. The number of hydrogen-bond acceptors (Lipinski definition) is 1. The van der Waals surface area contributed by atoms with Crippen molar-refractivity contribution in [3.8, 4) is 0 Å². The van der Waals surface area contributed by atoms with Crippen LogP contribution in [0.3, 0.4) is 0 Å². The van der Waals surface area contributed by atoms with Gasteiger partial charge in [-0.05, 0) is 19.4 Å². The van der Waals surface area contributed by atoms with Crippen LogP contribution in [-0.2, 0) is 10.2 Å². The van der Waals surface area contributed by atoms with E-state index in [2.05, 4.69) is 0 Å². The number of carbonyl (C=O) groups is 1. The highest BCUT2D eigenvalue weighted by Crippen LogP contribution is 2.20. The fourth-order valence-corrected chi connectivity index (χ4v) is 1.07. The molecule has 1 aromatic carbocycles. The van der Waals surface area contributed by atoms with Crippen LogP contribution < -0.4 is 11.2 Å². The van der Waals surface area contributed by atoms with E-state index in [1.807, 2.05) is 12.1 Å². The molecular weight excluding hydrogens is 161 g/mol. The van der Waals surface area contributed by atoms with E-state index in [1.165, 1.54) is 0 Å². The van der Waals surface area contributed by atoms with Gasteiger partial charge >= 0.3 is 0 Å². The van der Waals surface area contributed by atoms with Gasteiger partial charge in [0.15, 0.2) is 0 Å². The van der Waals surface area contributed by atoms with Crippen molar-refractivity contribution in [3.63, 3.8) is 0 Å². The first-order valence-corrected chi connectivity index (χ1v) is 4.10. The van der Waals surface area contributed by atoms with Crippen molar-refractivity contribution in [1.82, 2.24) is 0 Å². The molecule has 2 N–H and O–H groups in total. The standard InChI is InChI=1S/C10H12BNO/c1-10(2,9(12)13)7-4-3-5-8(11)6-7/h3-6H,1-2H3,(H2,12,13). The molecule has 1 amide bonds. The zero-order valence-electron chi connectivity index (χ0n) is 7.87. The summed E-state index contributed by atoms with van der Waals surface area (Å²) in [6, 6.07) is 7.21. The molecule has 0 heterocycles. The van der Waals surface area contributed by atoms with Crippen molar-refractivity contribution in [1.29, 1.82) is 0 Å².